The van der Waals surface area contributed by atoms with Gasteiger partial charge in [0.15, 0.2) is 0 Å². The van der Waals surface area contributed by atoms with Crippen molar-refractivity contribution in [3.05, 3.63) is 53.1 Å². The Morgan fingerprint density at radius 3 is 2.81 bits per heavy atom. The summed E-state index contributed by atoms with van der Waals surface area (Å²) in [6, 6.07) is 12.4. The Morgan fingerprint density at radius 2 is 2.06 bits per heavy atom. The Hall–Kier alpha value is -2.61. The summed E-state index contributed by atoms with van der Waals surface area (Å²) in [5, 5.41) is 23.4. The monoisotopic (exact) mass is 426 g/mol. The Labute approximate surface area is 182 Å². The van der Waals surface area contributed by atoms with E-state index in [0.717, 1.165) is 46.8 Å². The van der Waals surface area contributed by atoms with Crippen molar-refractivity contribution >= 4 is 17.7 Å². The second-order valence-electron chi connectivity index (χ2n) is 8.43. The first kappa shape index (κ1) is 21.6. The highest BCUT2D eigenvalue weighted by Gasteiger charge is 2.38. The first-order valence-corrected chi connectivity index (χ1v) is 10.7. The summed E-state index contributed by atoms with van der Waals surface area (Å²) in [5.74, 6) is 0.174. The summed E-state index contributed by atoms with van der Waals surface area (Å²) < 4.78 is 11.7. The number of carbonyl (C=O) groups is 1. The molecule has 1 saturated heterocycles. The molecule has 0 radical (unpaired) electrons. The summed E-state index contributed by atoms with van der Waals surface area (Å²) >= 11 is 0. The number of nitrogens with zero attached hydrogens (tertiary/aromatic N) is 1. The first-order chi connectivity index (χ1) is 15.0. The standard InChI is InChI=1S/C24H30N2O5/c1-26(2)20-5-4-16(23-12-21(29)18(13-27)24(14-28)31-23)11-17(20)9-15-3-6-22-19(10-15)25-7-8-30-22/h3-6,10-11,13,18,21,23-25,28-29H,7-9,12,14H2,1-2H3. The highest BCUT2D eigenvalue weighted by atomic mass is 16.5. The predicted molar refractivity (Wildman–Crippen MR) is 119 cm³/mol. The fourth-order valence-corrected chi connectivity index (χ4v) is 4.44. The molecule has 2 heterocycles. The number of hydrogen-bond acceptors (Lipinski definition) is 7. The Bertz CT molecular complexity index is 932. The van der Waals surface area contributed by atoms with Gasteiger partial charge < -0.3 is 34.7 Å². The van der Waals surface area contributed by atoms with E-state index in [2.05, 4.69) is 34.5 Å². The number of anilines is 2. The van der Waals surface area contributed by atoms with Gasteiger partial charge in [-0.2, -0.15) is 0 Å². The molecule has 3 N–H and O–H groups in total. The van der Waals surface area contributed by atoms with Crippen molar-refractivity contribution in [3.63, 3.8) is 0 Å². The maximum Gasteiger partial charge on any atom is 0.142 e. The molecule has 4 atom stereocenters. The minimum absolute atomic E-state index is 0.302. The highest BCUT2D eigenvalue weighted by molar-refractivity contribution is 5.61. The van der Waals surface area contributed by atoms with E-state index in [-0.39, 0.29) is 12.7 Å². The molecular weight excluding hydrogens is 396 g/mol. The third-order valence-corrected chi connectivity index (χ3v) is 6.08. The van der Waals surface area contributed by atoms with Crippen LogP contribution in [0, 0.1) is 5.92 Å². The van der Waals surface area contributed by atoms with Gasteiger partial charge in [-0.05, 0) is 41.3 Å². The molecule has 2 aliphatic rings. The van der Waals surface area contributed by atoms with E-state index < -0.39 is 18.1 Å². The van der Waals surface area contributed by atoms with Gasteiger partial charge in [-0.1, -0.05) is 18.2 Å². The number of carbonyl (C=O) groups excluding carboxylic acids is 1. The molecule has 2 aromatic rings. The SMILES string of the molecule is CN(C)c1ccc(C2CC(O)C(C=O)C(CO)O2)cc1Cc1ccc2c(c1)NCCO2. The van der Waals surface area contributed by atoms with Gasteiger partial charge in [-0.15, -0.1) is 0 Å². The van der Waals surface area contributed by atoms with E-state index in [0.29, 0.717) is 19.3 Å². The molecule has 166 valence electrons. The lowest BCUT2D eigenvalue weighted by molar-refractivity contribution is -0.158. The van der Waals surface area contributed by atoms with E-state index in [4.69, 9.17) is 9.47 Å². The van der Waals surface area contributed by atoms with Gasteiger partial charge in [0.25, 0.3) is 0 Å². The molecule has 0 aliphatic carbocycles. The van der Waals surface area contributed by atoms with E-state index in [1.807, 2.05) is 26.2 Å². The molecule has 4 rings (SSSR count). The number of nitrogens with one attached hydrogen (secondary N) is 1. The van der Waals surface area contributed by atoms with Crippen LogP contribution in [0.1, 0.15) is 29.2 Å². The van der Waals surface area contributed by atoms with Crippen LogP contribution in [0.5, 0.6) is 5.75 Å². The highest BCUT2D eigenvalue weighted by Crippen LogP contribution is 2.37. The van der Waals surface area contributed by atoms with E-state index in [1.165, 1.54) is 0 Å². The van der Waals surface area contributed by atoms with Crippen molar-refractivity contribution in [2.24, 2.45) is 5.92 Å². The molecule has 0 amide bonds. The minimum Gasteiger partial charge on any atom is -0.490 e. The van der Waals surface area contributed by atoms with Crippen LogP contribution in [0.4, 0.5) is 11.4 Å². The van der Waals surface area contributed by atoms with Gasteiger partial charge in [0.2, 0.25) is 0 Å². The molecule has 1 fully saturated rings. The molecule has 0 saturated carbocycles. The molecule has 31 heavy (non-hydrogen) atoms. The molecule has 7 heteroatoms. The van der Waals surface area contributed by atoms with Crippen LogP contribution in [-0.4, -0.2) is 62.6 Å². The quantitative estimate of drug-likeness (QED) is 0.610. The minimum atomic E-state index is -0.836. The summed E-state index contributed by atoms with van der Waals surface area (Å²) in [4.78, 5) is 13.4. The summed E-state index contributed by atoms with van der Waals surface area (Å²) in [6.07, 6.45) is -0.188. The van der Waals surface area contributed by atoms with Crippen molar-refractivity contribution in [2.75, 3.05) is 44.1 Å². The summed E-state index contributed by atoms with van der Waals surface area (Å²) in [6.45, 7) is 1.17. The molecule has 2 aromatic carbocycles. The maximum atomic E-state index is 11.3. The number of hydrogen-bond donors (Lipinski definition) is 3. The zero-order valence-corrected chi connectivity index (χ0v) is 18.0. The van der Waals surface area contributed by atoms with Crippen LogP contribution in [0.15, 0.2) is 36.4 Å². The number of aliphatic hydroxyl groups is 2. The topological polar surface area (TPSA) is 91.3 Å². The number of rotatable bonds is 6. The van der Waals surface area contributed by atoms with Crippen molar-refractivity contribution < 1.29 is 24.5 Å². The molecule has 0 aromatic heterocycles. The van der Waals surface area contributed by atoms with Crippen molar-refractivity contribution in [1.29, 1.82) is 0 Å². The average Bonchev–Trinajstić information content (AvgIpc) is 2.78. The molecule has 7 nitrogen and oxygen atoms in total. The Morgan fingerprint density at radius 1 is 1.23 bits per heavy atom. The normalized spacial score (nSPS) is 25.2. The third-order valence-electron chi connectivity index (χ3n) is 6.08. The lowest BCUT2D eigenvalue weighted by Gasteiger charge is -2.37. The molecular formula is C24H30N2O5. The van der Waals surface area contributed by atoms with Crippen LogP contribution in [0.25, 0.3) is 0 Å². The van der Waals surface area contributed by atoms with E-state index >= 15 is 0 Å². The van der Waals surface area contributed by atoms with Crippen LogP contribution in [-0.2, 0) is 16.0 Å². The second kappa shape index (κ2) is 9.26. The van der Waals surface area contributed by atoms with Crippen molar-refractivity contribution in [3.8, 4) is 5.75 Å². The van der Waals surface area contributed by atoms with Gasteiger partial charge in [0.1, 0.15) is 18.6 Å². The van der Waals surface area contributed by atoms with Crippen molar-refractivity contribution in [1.82, 2.24) is 0 Å². The number of fused-ring (bicyclic) bond motifs is 1. The fraction of sp³-hybridized carbons (Fsp3) is 0.458. The Balaban J connectivity index is 1.62. The van der Waals surface area contributed by atoms with Crippen LogP contribution in [0.2, 0.25) is 0 Å². The predicted octanol–water partition coefficient (Wildman–Crippen LogP) is 2.15. The van der Waals surface area contributed by atoms with E-state index in [9.17, 15) is 15.0 Å². The number of ether oxygens (including phenoxy) is 2. The van der Waals surface area contributed by atoms with Gasteiger partial charge in [0.05, 0.1) is 36.5 Å². The largest absolute Gasteiger partial charge is 0.490 e. The van der Waals surface area contributed by atoms with Crippen molar-refractivity contribution in [2.45, 2.75) is 31.2 Å². The van der Waals surface area contributed by atoms with Gasteiger partial charge >= 0.3 is 0 Å². The molecule has 2 aliphatic heterocycles. The third kappa shape index (κ3) is 4.54. The summed E-state index contributed by atoms with van der Waals surface area (Å²) in [5.41, 5.74) is 5.34. The van der Waals surface area contributed by atoms with Crippen LogP contribution >= 0.6 is 0 Å². The first-order valence-electron chi connectivity index (χ1n) is 10.7. The zero-order valence-electron chi connectivity index (χ0n) is 18.0. The zero-order chi connectivity index (χ0) is 22.0. The number of aliphatic hydroxyl groups excluding tert-OH is 2. The van der Waals surface area contributed by atoms with Crippen LogP contribution < -0.4 is 15.0 Å². The Kier molecular flexibility index (Phi) is 6.46. The van der Waals surface area contributed by atoms with Gasteiger partial charge in [-0.25, -0.2) is 0 Å². The maximum absolute atomic E-state index is 11.3. The number of aldehydes is 1. The smallest absolute Gasteiger partial charge is 0.142 e. The molecule has 0 spiro atoms. The average molecular weight is 427 g/mol. The van der Waals surface area contributed by atoms with E-state index in [1.54, 1.807) is 0 Å². The second-order valence-corrected chi connectivity index (χ2v) is 8.43. The van der Waals surface area contributed by atoms with Gasteiger partial charge in [-0.3, -0.25) is 0 Å². The van der Waals surface area contributed by atoms with Gasteiger partial charge in [0, 0.05) is 32.7 Å². The number of benzene rings is 2. The lowest BCUT2D eigenvalue weighted by Crippen LogP contribution is -2.44. The summed E-state index contributed by atoms with van der Waals surface area (Å²) in [7, 11) is 4.02. The molecule has 4 unspecified atom stereocenters. The molecule has 0 bridgehead atoms. The lowest BCUT2D eigenvalue weighted by atomic mass is 9.87. The van der Waals surface area contributed by atoms with Crippen LogP contribution in [0.3, 0.4) is 0 Å². The fourth-order valence-electron chi connectivity index (χ4n) is 4.44.